The molecular weight excluding hydrogens is 166 g/mol. The number of hydrogen-bond acceptors (Lipinski definition) is 3. The second-order valence-corrected chi connectivity index (χ2v) is 2.66. The second kappa shape index (κ2) is 4.45. The third-order valence-corrected chi connectivity index (χ3v) is 1.48. The molecule has 1 aromatic rings. The number of nitrogens with one attached hydrogen (secondary N) is 1. The minimum Gasteiger partial charge on any atom is -0.492 e. The van der Waals surface area contributed by atoms with Crippen LogP contribution in [0.5, 0.6) is 5.75 Å². The molecule has 0 aliphatic carbocycles. The molecule has 0 aliphatic heterocycles. The van der Waals surface area contributed by atoms with Gasteiger partial charge in [-0.25, -0.2) is 0 Å². The summed E-state index contributed by atoms with van der Waals surface area (Å²) >= 11 is 0. The highest BCUT2D eigenvalue weighted by atomic mass is 16.5. The Balaban J connectivity index is 2.73. The van der Waals surface area contributed by atoms with Crippen molar-refractivity contribution >= 4 is 5.84 Å². The quantitative estimate of drug-likeness (QED) is 0.534. The van der Waals surface area contributed by atoms with Crippen molar-refractivity contribution in [3.63, 3.8) is 0 Å². The van der Waals surface area contributed by atoms with Gasteiger partial charge in [0.2, 0.25) is 0 Å². The molecule has 70 valence electrons. The molecule has 1 rings (SSSR count). The summed E-state index contributed by atoms with van der Waals surface area (Å²) in [5, 5.41) is 7.11. The summed E-state index contributed by atoms with van der Waals surface area (Å²) in [5.74, 6) is 0.858. The Morgan fingerprint density at radius 3 is 3.00 bits per heavy atom. The molecule has 0 spiro atoms. The van der Waals surface area contributed by atoms with Crippen LogP contribution in [0.15, 0.2) is 18.5 Å². The Labute approximate surface area is 77.2 Å². The molecule has 1 aromatic heterocycles. The molecule has 0 fully saturated rings. The lowest BCUT2D eigenvalue weighted by atomic mass is 10.2. The van der Waals surface area contributed by atoms with Crippen molar-refractivity contribution in [1.29, 1.82) is 5.41 Å². The molecule has 1 heterocycles. The lowest BCUT2D eigenvalue weighted by Crippen LogP contribution is -2.12. The number of nitrogens with two attached hydrogens (primary N) is 1. The van der Waals surface area contributed by atoms with Crippen molar-refractivity contribution in [2.75, 3.05) is 6.61 Å². The third kappa shape index (κ3) is 3.11. The van der Waals surface area contributed by atoms with E-state index in [0.29, 0.717) is 13.0 Å². The smallest absolute Gasteiger partial charge is 0.137 e. The van der Waals surface area contributed by atoms with Crippen molar-refractivity contribution in [2.45, 2.75) is 13.3 Å². The molecule has 0 radical (unpaired) electrons. The Morgan fingerprint density at radius 1 is 1.62 bits per heavy atom. The zero-order valence-electron chi connectivity index (χ0n) is 7.58. The maximum atomic E-state index is 7.11. The fourth-order valence-corrected chi connectivity index (χ4v) is 1.03. The highest BCUT2D eigenvalue weighted by Crippen LogP contribution is 2.11. The fourth-order valence-electron chi connectivity index (χ4n) is 1.03. The average Bonchev–Trinajstić information content (AvgIpc) is 2.04. The minimum atomic E-state index is 0.135. The first-order valence-corrected chi connectivity index (χ1v) is 4.12. The van der Waals surface area contributed by atoms with Crippen molar-refractivity contribution in [2.24, 2.45) is 5.73 Å². The van der Waals surface area contributed by atoms with Gasteiger partial charge in [-0.05, 0) is 18.6 Å². The number of nitrogens with zero attached hydrogens (tertiary/aromatic N) is 1. The SMILES string of the molecule is CCOc1cncc(CC(=N)N)c1. The Hall–Kier alpha value is -1.58. The van der Waals surface area contributed by atoms with Gasteiger partial charge in [0.25, 0.3) is 0 Å². The summed E-state index contributed by atoms with van der Waals surface area (Å²) in [6.45, 7) is 2.53. The molecule has 0 bridgehead atoms. The van der Waals surface area contributed by atoms with E-state index in [-0.39, 0.29) is 5.84 Å². The fraction of sp³-hybridized carbons (Fsp3) is 0.333. The van der Waals surface area contributed by atoms with Crippen LogP contribution in [0, 0.1) is 5.41 Å². The summed E-state index contributed by atoms with van der Waals surface area (Å²) < 4.78 is 5.25. The predicted octanol–water partition coefficient (Wildman–Crippen LogP) is 0.959. The number of rotatable bonds is 4. The molecule has 3 N–H and O–H groups in total. The molecule has 0 aliphatic rings. The monoisotopic (exact) mass is 179 g/mol. The molecule has 0 saturated carbocycles. The van der Waals surface area contributed by atoms with Crippen LogP contribution in [0.4, 0.5) is 0 Å². The van der Waals surface area contributed by atoms with Gasteiger partial charge in [-0.2, -0.15) is 0 Å². The van der Waals surface area contributed by atoms with Crippen LogP contribution in [0.25, 0.3) is 0 Å². The van der Waals surface area contributed by atoms with E-state index in [2.05, 4.69) is 4.98 Å². The second-order valence-electron chi connectivity index (χ2n) is 2.66. The zero-order valence-corrected chi connectivity index (χ0v) is 7.58. The molecule has 0 atom stereocenters. The number of amidine groups is 1. The van der Waals surface area contributed by atoms with Crippen molar-refractivity contribution < 1.29 is 4.74 Å². The molecule has 0 amide bonds. The van der Waals surface area contributed by atoms with E-state index in [1.165, 1.54) is 0 Å². The van der Waals surface area contributed by atoms with Gasteiger partial charge >= 0.3 is 0 Å². The Kier molecular flexibility index (Phi) is 3.25. The van der Waals surface area contributed by atoms with Gasteiger partial charge in [0.15, 0.2) is 0 Å². The number of ether oxygens (including phenoxy) is 1. The number of pyridine rings is 1. The van der Waals surface area contributed by atoms with E-state index in [1.54, 1.807) is 12.4 Å². The van der Waals surface area contributed by atoms with Crippen LogP contribution in [0.1, 0.15) is 12.5 Å². The Morgan fingerprint density at radius 2 is 2.38 bits per heavy atom. The van der Waals surface area contributed by atoms with Gasteiger partial charge in [-0.3, -0.25) is 10.4 Å². The van der Waals surface area contributed by atoms with Gasteiger partial charge in [0.05, 0.1) is 18.6 Å². The van der Waals surface area contributed by atoms with Crippen LogP contribution in [-0.4, -0.2) is 17.4 Å². The maximum absolute atomic E-state index is 7.11. The molecule has 13 heavy (non-hydrogen) atoms. The highest BCUT2D eigenvalue weighted by Gasteiger charge is 1.98. The zero-order chi connectivity index (χ0) is 9.68. The average molecular weight is 179 g/mol. The van der Waals surface area contributed by atoms with Crippen LogP contribution in [-0.2, 0) is 6.42 Å². The topological polar surface area (TPSA) is 72.0 Å². The van der Waals surface area contributed by atoms with E-state index in [9.17, 15) is 0 Å². The number of aromatic nitrogens is 1. The summed E-state index contributed by atoms with van der Waals surface area (Å²) in [6, 6.07) is 1.85. The summed E-state index contributed by atoms with van der Waals surface area (Å²) in [5.41, 5.74) is 6.16. The van der Waals surface area contributed by atoms with Gasteiger partial charge in [0.1, 0.15) is 5.75 Å². The maximum Gasteiger partial charge on any atom is 0.137 e. The molecule has 4 nitrogen and oxygen atoms in total. The number of hydrogen-bond donors (Lipinski definition) is 2. The highest BCUT2D eigenvalue weighted by molar-refractivity contribution is 5.79. The lowest BCUT2D eigenvalue weighted by Gasteiger charge is -2.04. The van der Waals surface area contributed by atoms with Crippen LogP contribution < -0.4 is 10.5 Å². The predicted molar refractivity (Wildman–Crippen MR) is 51.0 cm³/mol. The van der Waals surface area contributed by atoms with Crippen molar-refractivity contribution in [1.82, 2.24) is 4.98 Å². The van der Waals surface area contributed by atoms with Gasteiger partial charge in [-0.1, -0.05) is 0 Å². The van der Waals surface area contributed by atoms with Crippen LogP contribution in [0.2, 0.25) is 0 Å². The lowest BCUT2D eigenvalue weighted by molar-refractivity contribution is 0.338. The van der Waals surface area contributed by atoms with Crippen molar-refractivity contribution in [3.8, 4) is 5.75 Å². The van der Waals surface area contributed by atoms with E-state index in [0.717, 1.165) is 11.3 Å². The molecule has 0 aromatic carbocycles. The summed E-state index contributed by atoms with van der Waals surface area (Å²) in [4.78, 5) is 3.98. The molecule has 0 unspecified atom stereocenters. The van der Waals surface area contributed by atoms with Gasteiger partial charge < -0.3 is 10.5 Å². The normalized spacial score (nSPS) is 9.62. The van der Waals surface area contributed by atoms with E-state index < -0.39 is 0 Å². The molecule has 0 saturated heterocycles. The van der Waals surface area contributed by atoms with Gasteiger partial charge in [0, 0.05) is 12.6 Å². The molecule has 4 heteroatoms. The first-order chi connectivity index (χ1) is 6.22. The Bertz CT molecular complexity index is 299. The van der Waals surface area contributed by atoms with E-state index in [4.69, 9.17) is 15.9 Å². The first kappa shape index (κ1) is 9.51. The standard InChI is InChI=1S/C9H13N3O/c1-2-13-8-3-7(4-9(10)11)5-12-6-8/h3,5-6H,2,4H2,1H3,(H3,10,11). The summed E-state index contributed by atoms with van der Waals surface area (Å²) in [7, 11) is 0. The largest absolute Gasteiger partial charge is 0.492 e. The molecular formula is C9H13N3O. The van der Waals surface area contributed by atoms with Crippen LogP contribution in [0.3, 0.4) is 0 Å². The minimum absolute atomic E-state index is 0.135. The van der Waals surface area contributed by atoms with Crippen molar-refractivity contribution in [3.05, 3.63) is 24.0 Å². The third-order valence-electron chi connectivity index (χ3n) is 1.48. The first-order valence-electron chi connectivity index (χ1n) is 4.12. The van der Waals surface area contributed by atoms with Gasteiger partial charge in [-0.15, -0.1) is 0 Å². The van der Waals surface area contributed by atoms with Crippen LogP contribution >= 0.6 is 0 Å². The van der Waals surface area contributed by atoms with E-state index in [1.807, 2.05) is 13.0 Å². The van der Waals surface area contributed by atoms with E-state index >= 15 is 0 Å². The summed E-state index contributed by atoms with van der Waals surface area (Å²) in [6.07, 6.45) is 3.75.